The fourth-order valence-corrected chi connectivity index (χ4v) is 5.14. The molecule has 2 atom stereocenters. The van der Waals surface area contributed by atoms with E-state index in [-0.39, 0.29) is 12.1 Å². The van der Waals surface area contributed by atoms with Crippen LogP contribution in [0.1, 0.15) is 45.4 Å². The lowest BCUT2D eigenvalue weighted by atomic mass is 9.47. The van der Waals surface area contributed by atoms with Gasteiger partial charge in [-0.2, -0.15) is 0 Å². The Morgan fingerprint density at radius 2 is 1.33 bits per heavy atom. The van der Waals surface area contributed by atoms with Crippen LogP contribution < -0.4 is 11.5 Å². The zero-order valence-electron chi connectivity index (χ0n) is 9.78. The largest absolute Gasteiger partial charge is 0.327 e. The number of rotatable bonds is 2. The minimum atomic E-state index is 0.168. The average Bonchev–Trinajstić information content (AvgIpc) is 2.14. The van der Waals surface area contributed by atoms with Crippen LogP contribution in [0.2, 0.25) is 0 Å². The van der Waals surface area contributed by atoms with Gasteiger partial charge in [-0.25, -0.2) is 0 Å². The van der Waals surface area contributed by atoms with Gasteiger partial charge >= 0.3 is 0 Å². The Labute approximate surface area is 92.8 Å². The molecule has 0 aromatic heterocycles. The van der Waals surface area contributed by atoms with E-state index in [4.69, 9.17) is 11.5 Å². The van der Waals surface area contributed by atoms with Crippen LogP contribution in [0.25, 0.3) is 0 Å². The van der Waals surface area contributed by atoms with E-state index in [0.29, 0.717) is 5.41 Å². The van der Waals surface area contributed by atoms with Gasteiger partial charge in [-0.1, -0.05) is 0 Å². The number of hydrogen-bond donors (Lipinski definition) is 2. The van der Waals surface area contributed by atoms with Crippen molar-refractivity contribution in [1.82, 2.24) is 0 Å². The summed E-state index contributed by atoms with van der Waals surface area (Å²) in [6, 6.07) is 0.409. The van der Waals surface area contributed by atoms with Crippen LogP contribution in [0.5, 0.6) is 0 Å². The van der Waals surface area contributed by atoms with Gasteiger partial charge in [0.05, 0.1) is 0 Å². The van der Waals surface area contributed by atoms with E-state index in [0.717, 1.165) is 17.8 Å². The van der Waals surface area contributed by atoms with Gasteiger partial charge in [0.25, 0.3) is 0 Å². The third kappa shape index (κ3) is 1.45. The lowest BCUT2D eigenvalue weighted by molar-refractivity contribution is -0.0699. The smallest absolute Gasteiger partial charge is 0.0247 e. The van der Waals surface area contributed by atoms with Gasteiger partial charge in [0.15, 0.2) is 0 Å². The summed E-state index contributed by atoms with van der Waals surface area (Å²) < 4.78 is 0. The molecule has 0 aromatic rings. The summed E-state index contributed by atoms with van der Waals surface area (Å²) >= 11 is 0. The second kappa shape index (κ2) is 3.21. The Balaban J connectivity index is 1.86. The first-order valence-electron chi connectivity index (χ1n) is 6.60. The minimum absolute atomic E-state index is 0.168. The second-order valence-electron chi connectivity index (χ2n) is 6.66. The Morgan fingerprint density at radius 3 is 1.67 bits per heavy atom. The summed E-state index contributed by atoms with van der Waals surface area (Å²) in [5.74, 6) is 2.96. The first-order chi connectivity index (χ1) is 7.09. The molecule has 15 heavy (non-hydrogen) atoms. The van der Waals surface area contributed by atoms with Gasteiger partial charge in [0.2, 0.25) is 0 Å². The predicted molar refractivity (Wildman–Crippen MR) is 62.2 cm³/mol. The Bertz CT molecular complexity index is 224. The molecular weight excluding hydrogens is 184 g/mol. The van der Waals surface area contributed by atoms with E-state index in [1.54, 1.807) is 0 Å². The molecule has 2 nitrogen and oxygen atoms in total. The van der Waals surface area contributed by atoms with E-state index in [1.807, 2.05) is 0 Å². The van der Waals surface area contributed by atoms with Gasteiger partial charge in [0.1, 0.15) is 0 Å². The lowest BCUT2D eigenvalue weighted by Crippen LogP contribution is -2.59. The zero-order valence-corrected chi connectivity index (χ0v) is 9.78. The molecule has 4 saturated carbocycles. The molecule has 4 aliphatic carbocycles. The Hall–Kier alpha value is -0.0800. The Kier molecular flexibility index (Phi) is 2.16. The fraction of sp³-hybridized carbons (Fsp3) is 1.00. The fourth-order valence-electron chi connectivity index (χ4n) is 5.14. The van der Waals surface area contributed by atoms with E-state index >= 15 is 0 Å². The van der Waals surface area contributed by atoms with Crippen molar-refractivity contribution in [2.24, 2.45) is 34.6 Å². The van der Waals surface area contributed by atoms with E-state index in [2.05, 4.69) is 6.92 Å². The van der Waals surface area contributed by atoms with Gasteiger partial charge in [-0.3, -0.25) is 0 Å². The second-order valence-corrected chi connectivity index (χ2v) is 6.66. The maximum Gasteiger partial charge on any atom is 0.0247 e. The van der Waals surface area contributed by atoms with E-state index in [1.165, 1.54) is 38.5 Å². The maximum absolute atomic E-state index is 6.39. The molecule has 0 radical (unpaired) electrons. The SMILES string of the molecule is CC(N)C(N)C12CC3CC(CC(C3)C1)C2. The van der Waals surface area contributed by atoms with Crippen LogP contribution in [0.4, 0.5) is 0 Å². The highest BCUT2D eigenvalue weighted by Crippen LogP contribution is 2.61. The van der Waals surface area contributed by atoms with Crippen molar-refractivity contribution in [2.45, 2.75) is 57.5 Å². The van der Waals surface area contributed by atoms with Crippen molar-refractivity contribution in [3.8, 4) is 0 Å². The molecule has 2 unspecified atom stereocenters. The molecule has 86 valence electrons. The molecule has 0 amide bonds. The van der Waals surface area contributed by atoms with Crippen LogP contribution in [0, 0.1) is 23.2 Å². The van der Waals surface area contributed by atoms with Gasteiger partial charge in [0, 0.05) is 12.1 Å². The van der Waals surface area contributed by atoms with Gasteiger partial charge in [-0.05, 0) is 68.6 Å². The van der Waals surface area contributed by atoms with Crippen LogP contribution in [-0.4, -0.2) is 12.1 Å². The molecule has 4 aliphatic rings. The average molecular weight is 208 g/mol. The lowest BCUT2D eigenvalue weighted by Gasteiger charge is -2.59. The molecule has 2 heteroatoms. The normalized spacial score (nSPS) is 51.8. The van der Waals surface area contributed by atoms with Crippen molar-refractivity contribution in [1.29, 1.82) is 0 Å². The molecular formula is C13H24N2. The maximum atomic E-state index is 6.39. The molecule has 0 saturated heterocycles. The summed E-state index contributed by atoms with van der Waals surface area (Å²) in [7, 11) is 0. The van der Waals surface area contributed by atoms with Gasteiger partial charge in [-0.15, -0.1) is 0 Å². The van der Waals surface area contributed by atoms with Crippen LogP contribution in [-0.2, 0) is 0 Å². The molecule has 4 bridgehead atoms. The van der Waals surface area contributed by atoms with Crippen molar-refractivity contribution < 1.29 is 0 Å². The van der Waals surface area contributed by atoms with E-state index in [9.17, 15) is 0 Å². The monoisotopic (exact) mass is 208 g/mol. The molecule has 0 spiro atoms. The molecule has 0 aromatic carbocycles. The molecule has 4 fully saturated rings. The molecule has 4 rings (SSSR count). The third-order valence-electron chi connectivity index (χ3n) is 5.36. The van der Waals surface area contributed by atoms with Crippen molar-refractivity contribution in [2.75, 3.05) is 0 Å². The van der Waals surface area contributed by atoms with Crippen molar-refractivity contribution in [3.63, 3.8) is 0 Å². The van der Waals surface area contributed by atoms with Crippen LogP contribution in [0.15, 0.2) is 0 Å². The quantitative estimate of drug-likeness (QED) is 0.728. The highest BCUT2D eigenvalue weighted by molar-refractivity contribution is 5.06. The first-order valence-corrected chi connectivity index (χ1v) is 6.60. The summed E-state index contributed by atoms with van der Waals surface area (Å²) in [5, 5.41) is 0. The molecule has 0 heterocycles. The van der Waals surface area contributed by atoms with Crippen molar-refractivity contribution >= 4 is 0 Å². The standard InChI is InChI=1S/C13H24N2/c1-8(14)12(15)13-5-9-2-10(6-13)4-11(3-9)7-13/h8-12H,2-7,14-15H2,1H3. The Morgan fingerprint density at radius 1 is 0.933 bits per heavy atom. The minimum Gasteiger partial charge on any atom is -0.327 e. The number of hydrogen-bond acceptors (Lipinski definition) is 2. The van der Waals surface area contributed by atoms with E-state index < -0.39 is 0 Å². The van der Waals surface area contributed by atoms with Crippen LogP contribution in [0.3, 0.4) is 0 Å². The van der Waals surface area contributed by atoms with Gasteiger partial charge < -0.3 is 11.5 Å². The highest BCUT2D eigenvalue weighted by atomic mass is 14.8. The van der Waals surface area contributed by atoms with Crippen molar-refractivity contribution in [3.05, 3.63) is 0 Å². The van der Waals surface area contributed by atoms with Crippen LogP contribution >= 0.6 is 0 Å². The molecule has 4 N–H and O–H groups in total. The molecule has 0 aliphatic heterocycles. The predicted octanol–water partition coefficient (Wildman–Crippen LogP) is 1.88. The summed E-state index contributed by atoms with van der Waals surface area (Å²) in [6.07, 6.45) is 8.60. The number of nitrogens with two attached hydrogens (primary N) is 2. The summed E-state index contributed by atoms with van der Waals surface area (Å²) in [4.78, 5) is 0. The topological polar surface area (TPSA) is 52.0 Å². The highest BCUT2D eigenvalue weighted by Gasteiger charge is 2.53. The zero-order chi connectivity index (χ0) is 10.6. The summed E-state index contributed by atoms with van der Waals surface area (Å²) in [5.41, 5.74) is 12.9. The first kappa shape index (κ1) is 10.1. The third-order valence-corrected chi connectivity index (χ3v) is 5.36. The summed E-state index contributed by atoms with van der Waals surface area (Å²) in [6.45, 7) is 2.09.